The Morgan fingerprint density at radius 3 is 2.62 bits per heavy atom. The summed E-state index contributed by atoms with van der Waals surface area (Å²) in [6, 6.07) is 7.15. The first-order chi connectivity index (χ1) is 17.4. The maximum atomic E-state index is 13.1. The monoisotopic (exact) mass is 523 g/mol. The number of benzene rings is 2. The highest BCUT2D eigenvalue weighted by Gasteiger charge is 2.52. The summed E-state index contributed by atoms with van der Waals surface area (Å²) in [4.78, 5) is 14.9. The summed E-state index contributed by atoms with van der Waals surface area (Å²) < 4.78 is 55.7. The van der Waals surface area contributed by atoms with Gasteiger partial charge in [-0.05, 0) is 30.7 Å². The minimum absolute atomic E-state index is 0.171. The molecule has 0 aliphatic carbocycles. The SMILES string of the molecule is COC(OC)C1(C)Oc2ccc([N+](=O)[O-])cc2C(NC(=NCc2cccc(C(F)(F)F)c2)NC#N)C1O. The highest BCUT2D eigenvalue weighted by Crippen LogP contribution is 2.43. The van der Waals surface area contributed by atoms with E-state index >= 15 is 0 Å². The molecular weight excluding hydrogens is 499 g/mol. The van der Waals surface area contributed by atoms with Crippen molar-refractivity contribution in [3.05, 3.63) is 69.3 Å². The highest BCUT2D eigenvalue weighted by atomic mass is 19.4. The Morgan fingerprint density at radius 2 is 2.03 bits per heavy atom. The summed E-state index contributed by atoms with van der Waals surface area (Å²) in [7, 11) is 2.67. The van der Waals surface area contributed by atoms with Gasteiger partial charge in [-0.15, -0.1) is 0 Å². The molecule has 2 aromatic rings. The van der Waals surface area contributed by atoms with Gasteiger partial charge in [0.25, 0.3) is 5.69 Å². The molecule has 2 aromatic carbocycles. The van der Waals surface area contributed by atoms with Crippen molar-refractivity contribution < 1.29 is 37.4 Å². The predicted octanol–water partition coefficient (Wildman–Crippen LogP) is 3.00. The topological polar surface area (TPSA) is 151 Å². The maximum absolute atomic E-state index is 13.1. The fraction of sp³-hybridized carbons (Fsp3) is 0.391. The zero-order valence-electron chi connectivity index (χ0n) is 19.9. The van der Waals surface area contributed by atoms with E-state index in [4.69, 9.17) is 14.2 Å². The third kappa shape index (κ3) is 5.91. The van der Waals surface area contributed by atoms with Gasteiger partial charge in [0.2, 0.25) is 5.96 Å². The molecule has 0 amide bonds. The first-order valence-electron chi connectivity index (χ1n) is 10.8. The molecule has 0 spiro atoms. The van der Waals surface area contributed by atoms with E-state index in [1.807, 2.05) is 0 Å². The standard InChI is InChI=1S/C23H24F3N5O6/c1-22(20(35-2)36-3)19(32)18(16-10-15(31(33)34)7-8-17(16)37-22)30-21(29-12-27)28-11-13-5-4-6-14(9-13)23(24,25)26/h4-10,18-20,32H,11H2,1-3H3,(H2,28,29,30). The minimum atomic E-state index is -4.54. The third-order valence-corrected chi connectivity index (χ3v) is 5.81. The van der Waals surface area contributed by atoms with Crippen LogP contribution in [0.15, 0.2) is 47.5 Å². The number of nitro benzene ring substituents is 1. The van der Waals surface area contributed by atoms with Gasteiger partial charge in [0.05, 0.1) is 23.1 Å². The summed E-state index contributed by atoms with van der Waals surface area (Å²) in [5, 5.41) is 37.0. The van der Waals surface area contributed by atoms with Crippen LogP contribution in [0.4, 0.5) is 18.9 Å². The van der Waals surface area contributed by atoms with Crippen molar-refractivity contribution in [2.75, 3.05) is 14.2 Å². The Morgan fingerprint density at radius 1 is 1.32 bits per heavy atom. The molecule has 1 heterocycles. The zero-order valence-corrected chi connectivity index (χ0v) is 19.9. The molecule has 3 rings (SSSR count). The fourth-order valence-corrected chi connectivity index (χ4v) is 4.03. The lowest BCUT2D eigenvalue weighted by molar-refractivity contribution is -0.385. The second-order valence-electron chi connectivity index (χ2n) is 8.24. The normalized spacial score (nSPS) is 21.5. The van der Waals surface area contributed by atoms with E-state index in [-0.39, 0.29) is 35.1 Å². The summed E-state index contributed by atoms with van der Waals surface area (Å²) >= 11 is 0. The van der Waals surface area contributed by atoms with Gasteiger partial charge in [-0.1, -0.05) is 12.1 Å². The largest absolute Gasteiger partial charge is 0.479 e. The number of aliphatic hydroxyl groups excluding tert-OH is 1. The molecule has 1 aliphatic heterocycles. The number of non-ortho nitro benzene ring substituents is 1. The Balaban J connectivity index is 2.01. The van der Waals surface area contributed by atoms with Crippen LogP contribution in [0.2, 0.25) is 0 Å². The van der Waals surface area contributed by atoms with Crippen LogP contribution in [0.3, 0.4) is 0 Å². The van der Waals surface area contributed by atoms with Crippen molar-refractivity contribution in [3.63, 3.8) is 0 Å². The Bertz CT molecular complexity index is 1210. The molecule has 11 nitrogen and oxygen atoms in total. The Labute approximate surface area is 209 Å². The fourth-order valence-electron chi connectivity index (χ4n) is 4.03. The second kappa shape index (κ2) is 11.0. The molecule has 3 N–H and O–H groups in total. The van der Waals surface area contributed by atoms with Crippen molar-refractivity contribution in [2.24, 2.45) is 4.99 Å². The molecule has 0 aromatic heterocycles. The number of aliphatic hydroxyl groups is 1. The van der Waals surface area contributed by atoms with Crippen LogP contribution in [0.25, 0.3) is 0 Å². The number of nitrogens with zero attached hydrogens (tertiary/aromatic N) is 3. The van der Waals surface area contributed by atoms with Crippen molar-refractivity contribution in [1.82, 2.24) is 10.6 Å². The molecule has 0 fully saturated rings. The number of methoxy groups -OCH3 is 2. The minimum Gasteiger partial charge on any atom is -0.479 e. The van der Waals surface area contributed by atoms with Crippen molar-refractivity contribution >= 4 is 11.6 Å². The lowest BCUT2D eigenvalue weighted by Crippen LogP contribution is -2.62. The third-order valence-electron chi connectivity index (χ3n) is 5.81. The molecule has 0 saturated heterocycles. The van der Waals surface area contributed by atoms with Crippen LogP contribution in [-0.4, -0.2) is 48.2 Å². The van der Waals surface area contributed by atoms with Gasteiger partial charge in [-0.2, -0.15) is 18.4 Å². The molecule has 3 unspecified atom stereocenters. The van der Waals surface area contributed by atoms with Crippen LogP contribution in [0.1, 0.15) is 29.7 Å². The number of fused-ring (bicyclic) bond motifs is 1. The average Bonchev–Trinajstić information content (AvgIpc) is 2.85. The lowest BCUT2D eigenvalue weighted by Gasteiger charge is -2.46. The van der Waals surface area contributed by atoms with Crippen LogP contribution < -0.4 is 15.4 Å². The van der Waals surface area contributed by atoms with Crippen LogP contribution in [0.5, 0.6) is 5.75 Å². The number of aliphatic imine (C=N–C) groups is 1. The molecular formula is C23H24F3N5O6. The molecule has 3 atom stereocenters. The van der Waals surface area contributed by atoms with E-state index in [1.165, 1.54) is 51.5 Å². The van der Waals surface area contributed by atoms with E-state index in [1.54, 1.807) is 6.19 Å². The number of ether oxygens (including phenoxy) is 3. The molecule has 0 bridgehead atoms. The summed E-state index contributed by atoms with van der Waals surface area (Å²) in [5.41, 5.74) is -2.28. The van der Waals surface area contributed by atoms with Gasteiger partial charge >= 0.3 is 6.18 Å². The summed E-state index contributed by atoms with van der Waals surface area (Å²) in [6.07, 6.45) is -5.42. The van der Waals surface area contributed by atoms with Gasteiger partial charge in [-0.25, -0.2) is 4.99 Å². The van der Waals surface area contributed by atoms with E-state index in [2.05, 4.69) is 15.6 Å². The molecule has 0 saturated carbocycles. The van der Waals surface area contributed by atoms with Crippen LogP contribution in [-0.2, 0) is 22.2 Å². The van der Waals surface area contributed by atoms with E-state index in [0.717, 1.165) is 12.1 Å². The molecule has 14 heteroatoms. The maximum Gasteiger partial charge on any atom is 0.416 e. The summed E-state index contributed by atoms with van der Waals surface area (Å²) in [5.74, 6) is -0.0266. The number of nitro groups is 1. The van der Waals surface area contributed by atoms with Crippen LogP contribution >= 0.6 is 0 Å². The van der Waals surface area contributed by atoms with E-state index < -0.39 is 40.7 Å². The smallest absolute Gasteiger partial charge is 0.416 e. The molecule has 1 aliphatic rings. The molecule has 0 radical (unpaired) electrons. The Hall–Kier alpha value is -3.93. The van der Waals surface area contributed by atoms with Gasteiger partial charge in [0.1, 0.15) is 11.9 Å². The van der Waals surface area contributed by atoms with Crippen molar-refractivity contribution in [3.8, 4) is 11.9 Å². The quantitative estimate of drug-likeness (QED) is 0.0946. The van der Waals surface area contributed by atoms with Gasteiger partial charge in [-0.3, -0.25) is 15.4 Å². The lowest BCUT2D eigenvalue weighted by atomic mass is 9.84. The first-order valence-corrected chi connectivity index (χ1v) is 10.8. The van der Waals surface area contributed by atoms with Gasteiger partial charge in [0, 0.05) is 31.9 Å². The van der Waals surface area contributed by atoms with Gasteiger partial charge < -0.3 is 24.6 Å². The first kappa shape index (κ1) is 27.7. The zero-order chi connectivity index (χ0) is 27.4. The Kier molecular flexibility index (Phi) is 8.22. The number of guanidine groups is 1. The number of nitrogens with one attached hydrogen (secondary N) is 2. The average molecular weight is 523 g/mol. The number of nitriles is 1. The molecule has 198 valence electrons. The summed E-state index contributed by atoms with van der Waals surface area (Å²) in [6.45, 7) is 1.25. The highest BCUT2D eigenvalue weighted by molar-refractivity contribution is 5.82. The number of hydrogen-bond donors (Lipinski definition) is 3. The number of alkyl halides is 3. The van der Waals surface area contributed by atoms with Gasteiger partial charge in [0.15, 0.2) is 18.1 Å². The second-order valence-corrected chi connectivity index (χ2v) is 8.24. The number of halogens is 3. The van der Waals surface area contributed by atoms with E-state index in [0.29, 0.717) is 0 Å². The number of hydrogen-bond acceptors (Lipinski definition) is 8. The number of rotatable bonds is 7. The van der Waals surface area contributed by atoms with Crippen molar-refractivity contribution in [2.45, 2.75) is 43.7 Å². The van der Waals surface area contributed by atoms with E-state index in [9.17, 15) is 33.7 Å². The predicted molar refractivity (Wildman–Crippen MR) is 123 cm³/mol. The molecule has 37 heavy (non-hydrogen) atoms. The van der Waals surface area contributed by atoms with Crippen molar-refractivity contribution in [1.29, 1.82) is 5.26 Å². The van der Waals surface area contributed by atoms with Crippen LogP contribution in [0, 0.1) is 21.6 Å².